The van der Waals surface area contributed by atoms with Gasteiger partial charge in [0.1, 0.15) is 12.4 Å². The number of ether oxygens (including phenoxy) is 4. The van der Waals surface area contributed by atoms with E-state index in [0.717, 1.165) is 22.4 Å². The predicted octanol–water partition coefficient (Wildman–Crippen LogP) is 1.81. The highest BCUT2D eigenvalue weighted by Crippen LogP contribution is 2.41. The summed E-state index contributed by atoms with van der Waals surface area (Å²) in [7, 11) is 0. The lowest BCUT2D eigenvalue weighted by Gasteiger charge is -2.08. The van der Waals surface area contributed by atoms with Gasteiger partial charge in [-0.2, -0.15) is 0 Å². The van der Waals surface area contributed by atoms with Crippen LogP contribution in [0.1, 0.15) is 27.0 Å². The number of carbonyl (C=O) groups is 2. The number of hydrogen-bond donors (Lipinski definition) is 3. The van der Waals surface area contributed by atoms with E-state index in [-0.39, 0.29) is 18.4 Å². The largest absolute Gasteiger partial charge is 0.487 e. The number of amides is 2. The second kappa shape index (κ2) is 11.8. The molecule has 9 heteroatoms. The molecule has 0 unspecified atom stereocenters. The van der Waals surface area contributed by atoms with Crippen molar-refractivity contribution in [2.75, 3.05) is 58.1 Å². The van der Waals surface area contributed by atoms with Gasteiger partial charge < -0.3 is 34.7 Å². The van der Waals surface area contributed by atoms with Gasteiger partial charge in [0.2, 0.25) is 0 Å². The summed E-state index contributed by atoms with van der Waals surface area (Å²) in [6, 6.07) is 12.9. The molecule has 0 saturated carbocycles. The molecule has 2 aliphatic heterocycles. The fourth-order valence-corrected chi connectivity index (χ4v) is 3.80. The monoisotopic (exact) mass is 468 g/mol. The highest BCUT2D eigenvalue weighted by molar-refractivity contribution is 6.36. The zero-order valence-electron chi connectivity index (χ0n) is 18.8. The molecule has 0 saturated heterocycles. The molecule has 2 aromatic rings. The van der Waals surface area contributed by atoms with Crippen LogP contribution in [0.15, 0.2) is 42.5 Å². The Kier molecular flexibility index (Phi) is 8.26. The number of fused-ring (bicyclic) bond motifs is 2. The van der Waals surface area contributed by atoms with Gasteiger partial charge in [-0.05, 0) is 18.2 Å². The van der Waals surface area contributed by atoms with Crippen molar-refractivity contribution >= 4 is 28.8 Å². The van der Waals surface area contributed by atoms with Crippen LogP contribution in [0.5, 0.6) is 0 Å². The number of aliphatic hydroxyl groups excluding tert-OH is 1. The van der Waals surface area contributed by atoms with Crippen molar-refractivity contribution in [1.29, 1.82) is 0 Å². The molecule has 0 fully saturated rings. The molecule has 0 spiro atoms. The first-order valence-electron chi connectivity index (χ1n) is 11.2. The highest BCUT2D eigenvalue weighted by atomic mass is 16.5. The lowest BCUT2D eigenvalue weighted by atomic mass is 9.99. The molecule has 0 aromatic heterocycles. The summed E-state index contributed by atoms with van der Waals surface area (Å²) in [5.74, 6) is 0.153. The molecule has 0 bridgehead atoms. The summed E-state index contributed by atoms with van der Waals surface area (Å²) in [5.41, 5.74) is 4.31. The van der Waals surface area contributed by atoms with Crippen molar-refractivity contribution in [3.05, 3.63) is 64.7 Å². The third kappa shape index (κ3) is 5.63. The summed E-state index contributed by atoms with van der Waals surface area (Å²) < 4.78 is 21.7. The van der Waals surface area contributed by atoms with Crippen LogP contribution in [-0.2, 0) is 30.3 Å². The van der Waals surface area contributed by atoms with E-state index in [0.29, 0.717) is 69.7 Å². The van der Waals surface area contributed by atoms with E-state index in [2.05, 4.69) is 10.6 Å². The lowest BCUT2D eigenvalue weighted by Crippen LogP contribution is -2.27. The van der Waals surface area contributed by atoms with Gasteiger partial charge in [-0.25, -0.2) is 0 Å². The van der Waals surface area contributed by atoms with E-state index in [1.807, 2.05) is 30.3 Å². The standard InChI is InChI=1S/C25H28N2O7/c28-8-10-32-12-14-33-13-11-31-9-7-26-24(29)17-5-6-19-18(15-17)16-34-23(19)22-20-3-1-2-4-21(20)27-25(22)30/h1-6,15,28H,7-14,16H2,(H,26,29)(H,27,30)/b23-22+. The molecular weight excluding hydrogens is 440 g/mol. The Bertz CT molecular complexity index is 1070. The molecule has 9 nitrogen and oxygen atoms in total. The van der Waals surface area contributed by atoms with E-state index in [4.69, 9.17) is 24.1 Å². The Morgan fingerprint density at radius 3 is 2.50 bits per heavy atom. The van der Waals surface area contributed by atoms with Crippen LogP contribution < -0.4 is 10.6 Å². The van der Waals surface area contributed by atoms with Crippen molar-refractivity contribution in [3.63, 3.8) is 0 Å². The molecule has 2 heterocycles. The van der Waals surface area contributed by atoms with Crippen molar-refractivity contribution in [2.24, 2.45) is 0 Å². The first kappa shape index (κ1) is 23.9. The fourth-order valence-electron chi connectivity index (χ4n) is 3.80. The molecular formula is C25H28N2O7. The molecule has 0 aliphatic carbocycles. The average molecular weight is 469 g/mol. The number of hydrogen-bond acceptors (Lipinski definition) is 7. The van der Waals surface area contributed by atoms with Gasteiger partial charge in [-0.15, -0.1) is 0 Å². The second-order valence-corrected chi connectivity index (χ2v) is 7.68. The maximum atomic E-state index is 12.5. The zero-order valence-corrected chi connectivity index (χ0v) is 18.8. The van der Waals surface area contributed by atoms with Crippen molar-refractivity contribution in [1.82, 2.24) is 5.32 Å². The van der Waals surface area contributed by atoms with Crippen LogP contribution in [-0.4, -0.2) is 69.7 Å². The molecule has 180 valence electrons. The topological polar surface area (TPSA) is 115 Å². The third-order valence-electron chi connectivity index (χ3n) is 5.39. The van der Waals surface area contributed by atoms with Crippen LogP contribution in [0, 0.1) is 0 Å². The van der Waals surface area contributed by atoms with Crippen LogP contribution >= 0.6 is 0 Å². The Morgan fingerprint density at radius 1 is 0.971 bits per heavy atom. The summed E-state index contributed by atoms with van der Waals surface area (Å²) in [6.07, 6.45) is 0. The molecule has 0 atom stereocenters. The quantitative estimate of drug-likeness (QED) is 0.321. The van der Waals surface area contributed by atoms with Crippen LogP contribution in [0.4, 0.5) is 5.69 Å². The minimum atomic E-state index is -0.200. The molecule has 2 aromatic carbocycles. The smallest absolute Gasteiger partial charge is 0.260 e. The molecule has 3 N–H and O–H groups in total. The number of carbonyl (C=O) groups excluding carboxylic acids is 2. The maximum Gasteiger partial charge on any atom is 0.260 e. The zero-order chi connectivity index (χ0) is 23.8. The summed E-state index contributed by atoms with van der Waals surface area (Å²) in [4.78, 5) is 25.1. The summed E-state index contributed by atoms with van der Waals surface area (Å²) in [6.45, 7) is 3.08. The van der Waals surface area contributed by atoms with Gasteiger partial charge in [0, 0.05) is 34.5 Å². The van der Waals surface area contributed by atoms with E-state index in [1.165, 1.54) is 0 Å². The average Bonchev–Trinajstić information content (AvgIpc) is 3.41. The summed E-state index contributed by atoms with van der Waals surface area (Å²) in [5, 5.41) is 14.3. The van der Waals surface area contributed by atoms with E-state index in [9.17, 15) is 9.59 Å². The van der Waals surface area contributed by atoms with Crippen LogP contribution in [0.3, 0.4) is 0 Å². The third-order valence-corrected chi connectivity index (χ3v) is 5.39. The first-order valence-corrected chi connectivity index (χ1v) is 11.2. The van der Waals surface area contributed by atoms with Gasteiger partial charge >= 0.3 is 0 Å². The maximum absolute atomic E-state index is 12.5. The predicted molar refractivity (Wildman–Crippen MR) is 125 cm³/mol. The number of para-hydroxylation sites is 1. The lowest BCUT2D eigenvalue weighted by molar-refractivity contribution is -0.110. The van der Waals surface area contributed by atoms with Gasteiger partial charge in [0.25, 0.3) is 11.8 Å². The van der Waals surface area contributed by atoms with Crippen LogP contribution in [0.25, 0.3) is 11.3 Å². The van der Waals surface area contributed by atoms with Gasteiger partial charge in [-0.1, -0.05) is 24.3 Å². The minimum absolute atomic E-state index is 0.000819. The number of nitrogens with one attached hydrogen (secondary N) is 2. The minimum Gasteiger partial charge on any atom is -0.487 e. The van der Waals surface area contributed by atoms with Gasteiger partial charge in [0.15, 0.2) is 0 Å². The molecule has 2 amide bonds. The Balaban J connectivity index is 1.25. The fraction of sp³-hybridized carbons (Fsp3) is 0.360. The van der Waals surface area contributed by atoms with E-state index in [1.54, 1.807) is 12.1 Å². The number of anilines is 1. The Hall–Kier alpha value is -3.24. The highest BCUT2D eigenvalue weighted by Gasteiger charge is 2.32. The normalized spacial score (nSPS) is 16.1. The number of aliphatic hydroxyl groups is 1. The summed E-state index contributed by atoms with van der Waals surface area (Å²) >= 11 is 0. The first-order chi connectivity index (χ1) is 16.7. The number of benzene rings is 2. The van der Waals surface area contributed by atoms with Crippen LogP contribution in [0.2, 0.25) is 0 Å². The van der Waals surface area contributed by atoms with Crippen molar-refractivity contribution in [2.45, 2.75) is 6.61 Å². The molecule has 0 radical (unpaired) electrons. The number of rotatable bonds is 12. The Labute approximate surface area is 197 Å². The van der Waals surface area contributed by atoms with E-state index < -0.39 is 0 Å². The Morgan fingerprint density at radius 2 is 1.71 bits per heavy atom. The van der Waals surface area contributed by atoms with Crippen molar-refractivity contribution < 1.29 is 33.6 Å². The molecule has 4 rings (SSSR count). The molecule has 34 heavy (non-hydrogen) atoms. The SMILES string of the molecule is O=C1Nc2ccccc2/C1=C1\OCc2cc(C(=O)NCCOCCOCCOCCO)ccc21. The van der Waals surface area contributed by atoms with Crippen molar-refractivity contribution in [3.8, 4) is 0 Å². The second-order valence-electron chi connectivity index (χ2n) is 7.68. The van der Waals surface area contributed by atoms with Gasteiger partial charge in [-0.3, -0.25) is 9.59 Å². The van der Waals surface area contributed by atoms with E-state index >= 15 is 0 Å². The van der Waals surface area contributed by atoms with Gasteiger partial charge in [0.05, 0.1) is 51.8 Å². The molecule has 2 aliphatic rings.